The smallest absolute Gasteiger partial charge is 0.373 e. The Labute approximate surface area is 447 Å². The summed E-state index contributed by atoms with van der Waals surface area (Å²) in [5.74, 6) is -6.67. The second-order valence-corrected chi connectivity index (χ2v) is 18.3. The van der Waals surface area contributed by atoms with Gasteiger partial charge in [0.2, 0.25) is 11.5 Å². The number of aromatic hydroxyl groups is 1. The zero-order chi connectivity index (χ0) is 54.7. The third-order valence-electron chi connectivity index (χ3n) is 11.7. The molecule has 0 atom stereocenters. The largest absolute Gasteiger partial charge is 0.505 e. The molecule has 3 radical (unpaired) electrons. The number of carbonyl (C=O) groups is 4. The first-order valence-electron chi connectivity index (χ1n) is 22.8. The van der Waals surface area contributed by atoms with Crippen LogP contribution in [-0.2, 0) is 33.8 Å². The lowest BCUT2D eigenvalue weighted by molar-refractivity contribution is -0.135. The summed E-state index contributed by atoms with van der Waals surface area (Å²) in [7, 11) is 1.30. The molecule has 0 aliphatic carbocycles. The third-order valence-corrected chi connectivity index (χ3v) is 12.3. The Hall–Kier alpha value is -9.07. The number of amides is 2. The van der Waals surface area contributed by atoms with Crippen molar-refractivity contribution < 1.29 is 57.1 Å². The minimum atomic E-state index is -1.43. The summed E-state index contributed by atoms with van der Waals surface area (Å²) in [4.78, 5) is 85.9. The highest BCUT2D eigenvalue weighted by molar-refractivity contribution is 6.31. The number of ether oxygens (including phenoxy) is 4. The molecule has 77 heavy (non-hydrogen) atoms. The van der Waals surface area contributed by atoms with E-state index in [0.29, 0.717) is 22.3 Å². The van der Waals surface area contributed by atoms with Gasteiger partial charge in [0.15, 0.2) is 28.6 Å². The average Bonchev–Trinajstić information content (AvgIpc) is 3.41. The number of hydrogen-bond donors (Lipinski definition) is 4. The van der Waals surface area contributed by atoms with Crippen LogP contribution < -0.4 is 36.0 Å². The molecule has 9 rings (SSSR count). The quantitative estimate of drug-likeness (QED) is 0.0623. The van der Waals surface area contributed by atoms with Crippen LogP contribution in [0.2, 0.25) is 10.0 Å². The number of hydrogen-bond acceptors (Lipinski definition) is 14. The summed E-state index contributed by atoms with van der Waals surface area (Å²) in [6, 6.07) is 19.4. The van der Waals surface area contributed by atoms with Crippen LogP contribution in [0.3, 0.4) is 0 Å². The van der Waals surface area contributed by atoms with E-state index in [0.717, 1.165) is 27.1 Å². The molecule has 391 valence electrons. The minimum absolute atomic E-state index is 0. The normalized spacial score (nSPS) is 12.0. The number of carboxylic acid groups (broad SMARTS) is 1. The molecule has 6 heterocycles. The van der Waals surface area contributed by atoms with E-state index in [4.69, 9.17) is 42.1 Å². The molecule has 24 heteroatoms. The van der Waals surface area contributed by atoms with Gasteiger partial charge in [-0.1, -0.05) is 65.7 Å². The summed E-state index contributed by atoms with van der Waals surface area (Å²) in [6.07, 6.45) is 5.10. The highest BCUT2D eigenvalue weighted by Gasteiger charge is 2.34. The van der Waals surface area contributed by atoms with Crippen molar-refractivity contribution in [3.8, 4) is 29.1 Å². The van der Waals surface area contributed by atoms with Crippen molar-refractivity contribution in [1.29, 1.82) is 5.26 Å². The molecule has 0 unspecified atom stereocenters. The van der Waals surface area contributed by atoms with E-state index in [9.17, 15) is 53.0 Å². The number of nitrogens with zero attached hydrogens (tertiary/aromatic N) is 5. The maximum atomic E-state index is 13.7. The molecule has 0 saturated heterocycles. The Balaban J connectivity index is 0.000000221. The van der Waals surface area contributed by atoms with E-state index in [1.54, 1.807) is 20.8 Å². The summed E-state index contributed by atoms with van der Waals surface area (Å²) in [6.45, 7) is 4.86. The summed E-state index contributed by atoms with van der Waals surface area (Å²) in [5.41, 5.74) is -0.766. The van der Waals surface area contributed by atoms with E-state index in [1.807, 2.05) is 30.3 Å². The first kappa shape index (κ1) is 55.7. The Kier molecular flexibility index (Phi) is 16.5. The number of aliphatic carboxylic acids is 1. The lowest BCUT2D eigenvalue weighted by atomic mass is 9.96. The number of esters is 1. The number of pyridine rings is 4. The van der Waals surface area contributed by atoms with Crippen LogP contribution in [0.15, 0.2) is 100 Å². The molecule has 19 nitrogen and oxygen atoms in total. The molecular formula is C53H41BCl2F2N7O12. The third kappa shape index (κ3) is 11.3. The van der Waals surface area contributed by atoms with Crippen molar-refractivity contribution >= 4 is 89.8 Å². The Bertz CT molecular complexity index is 3820. The van der Waals surface area contributed by atoms with Gasteiger partial charge >= 0.3 is 11.9 Å². The van der Waals surface area contributed by atoms with E-state index in [-0.39, 0.29) is 96.1 Å². The molecule has 0 fully saturated rings. The van der Waals surface area contributed by atoms with E-state index in [1.165, 1.54) is 55.8 Å². The highest BCUT2D eigenvalue weighted by atomic mass is 35.5. The van der Waals surface area contributed by atoms with Crippen molar-refractivity contribution in [2.24, 2.45) is 5.41 Å². The minimum Gasteiger partial charge on any atom is -0.505 e. The fourth-order valence-electron chi connectivity index (χ4n) is 7.90. The average molecular weight is 1090 g/mol. The maximum absolute atomic E-state index is 13.7. The van der Waals surface area contributed by atoms with Gasteiger partial charge in [0.1, 0.15) is 45.9 Å². The van der Waals surface area contributed by atoms with Gasteiger partial charge < -0.3 is 39.8 Å². The van der Waals surface area contributed by atoms with Crippen molar-refractivity contribution in [3.05, 3.63) is 172 Å². The van der Waals surface area contributed by atoms with Crippen molar-refractivity contribution in [3.63, 3.8) is 0 Å². The number of aromatic nitrogens is 4. The Morgan fingerprint density at radius 1 is 0.792 bits per heavy atom. The zero-order valence-corrected chi connectivity index (χ0v) is 42.5. The first-order chi connectivity index (χ1) is 36.2. The van der Waals surface area contributed by atoms with Crippen LogP contribution in [-0.4, -0.2) is 81.7 Å². The van der Waals surface area contributed by atoms with E-state index >= 15 is 0 Å². The number of carbonyl (C=O) groups excluding carboxylic acids is 3. The molecule has 3 aromatic carbocycles. The molecule has 2 aliphatic heterocycles. The molecular weight excluding hydrogens is 1050 g/mol. The molecule has 2 amide bonds. The number of rotatable bonds is 14. The molecule has 4 aromatic heterocycles. The SMILES string of the molecule is CCOC(=O)c1c(OCc2ccccc2)c2ncc(Cc3ccc(F)c(Cl)c3)c3c2n(c1=O)C=C(C(=O)O)O3.CNC(=O)c1c(O)c2ncc(Cc3ccc(F)c(Cl)c3)c3c2n(c1=O)C=C(C(=O)NCC(C)(C)C#N)O3.[B]. The van der Waals surface area contributed by atoms with Crippen molar-refractivity contribution in [2.45, 2.75) is 40.2 Å². The number of benzene rings is 3. The van der Waals surface area contributed by atoms with Crippen LogP contribution in [0.5, 0.6) is 23.0 Å². The summed E-state index contributed by atoms with van der Waals surface area (Å²) in [5, 5.41) is 34.4. The van der Waals surface area contributed by atoms with Gasteiger partial charge in [-0.15, -0.1) is 0 Å². The van der Waals surface area contributed by atoms with Crippen LogP contribution >= 0.6 is 23.2 Å². The number of halogens is 4. The van der Waals surface area contributed by atoms with Crippen molar-refractivity contribution in [1.82, 2.24) is 29.7 Å². The van der Waals surface area contributed by atoms with Gasteiger partial charge in [-0.2, -0.15) is 5.26 Å². The number of nitrogens with one attached hydrogen (secondary N) is 2. The van der Waals surface area contributed by atoms with Gasteiger partial charge in [0.05, 0.1) is 40.5 Å². The second kappa shape index (κ2) is 22.8. The van der Waals surface area contributed by atoms with Gasteiger partial charge in [-0.05, 0) is 61.7 Å². The standard InChI is InChI=1S/C28H20ClFN2O7.C25H21ClFN5O5.B/c1-2-37-28(36)21-25(38-14-15-6-4-3-5-7-15)22-23-24(39-20(27(34)35)13-32(23)26(21)33)17(12-31-22)10-16-8-9-19(30)18(29)11-16;1-25(2,10-28)11-31-22(34)16-9-32-19-18(20(33)17(24(32)36)23(35)29-3)30-8-13(21(19)37-16)6-12-4-5-15(27)14(26)7-12;/h3-9,11-13H,2,10,14H2,1H3,(H,34,35);4-5,7-9,33H,6,11H2,1-3H3,(H,29,35)(H,31,34);. The molecule has 2 aliphatic rings. The zero-order valence-electron chi connectivity index (χ0n) is 41.0. The van der Waals surface area contributed by atoms with Crippen LogP contribution in [0.4, 0.5) is 8.78 Å². The lowest BCUT2D eigenvalue weighted by Gasteiger charge is -2.23. The van der Waals surface area contributed by atoms with E-state index in [2.05, 4.69) is 26.7 Å². The molecule has 0 saturated carbocycles. The Morgan fingerprint density at radius 2 is 1.32 bits per heavy atom. The molecule has 0 bridgehead atoms. The molecule has 0 spiro atoms. The van der Waals surface area contributed by atoms with Crippen LogP contribution in [0.25, 0.3) is 34.5 Å². The summed E-state index contributed by atoms with van der Waals surface area (Å²) < 4.78 is 52.1. The second-order valence-electron chi connectivity index (χ2n) is 17.5. The Morgan fingerprint density at radius 3 is 1.86 bits per heavy atom. The monoisotopic (exact) mass is 1090 g/mol. The highest BCUT2D eigenvalue weighted by Crippen LogP contribution is 2.41. The number of nitriles is 1. The summed E-state index contributed by atoms with van der Waals surface area (Å²) >= 11 is 11.8. The fraction of sp³-hybridized carbons (Fsp3) is 0.189. The maximum Gasteiger partial charge on any atom is 0.373 e. The van der Waals surface area contributed by atoms with Gasteiger partial charge in [0, 0.05) is 58.4 Å². The predicted octanol–water partition coefficient (Wildman–Crippen LogP) is 7.13. The van der Waals surface area contributed by atoms with Gasteiger partial charge in [-0.3, -0.25) is 38.3 Å². The van der Waals surface area contributed by atoms with Crippen LogP contribution in [0.1, 0.15) is 69.3 Å². The molecule has 7 aromatic rings. The fourth-order valence-corrected chi connectivity index (χ4v) is 8.30. The predicted molar refractivity (Wildman–Crippen MR) is 278 cm³/mol. The topological polar surface area (TPSA) is 263 Å². The van der Waals surface area contributed by atoms with E-state index < -0.39 is 74.6 Å². The first-order valence-corrected chi connectivity index (χ1v) is 23.6. The van der Waals surface area contributed by atoms with Crippen molar-refractivity contribution in [2.75, 3.05) is 20.2 Å². The van der Waals surface area contributed by atoms with Gasteiger partial charge in [-0.25, -0.2) is 18.4 Å². The van der Waals surface area contributed by atoms with Gasteiger partial charge in [0.25, 0.3) is 22.9 Å². The lowest BCUT2D eigenvalue weighted by Crippen LogP contribution is -2.37. The number of carboxylic acids is 1. The molecule has 4 N–H and O–H groups in total. The van der Waals surface area contributed by atoms with Crippen LogP contribution in [0, 0.1) is 28.4 Å².